The second-order valence-corrected chi connectivity index (χ2v) is 8.33. The summed E-state index contributed by atoms with van der Waals surface area (Å²) in [6, 6.07) is 23.4. The number of amides is 1. The van der Waals surface area contributed by atoms with Gasteiger partial charge in [0, 0.05) is 10.0 Å². The van der Waals surface area contributed by atoms with E-state index in [4.69, 9.17) is 9.47 Å². The second-order valence-electron chi connectivity index (χ2n) is 7.42. The van der Waals surface area contributed by atoms with E-state index in [-0.39, 0.29) is 12.5 Å². The Morgan fingerprint density at radius 2 is 1.81 bits per heavy atom. The van der Waals surface area contributed by atoms with Gasteiger partial charge in [0.2, 0.25) is 0 Å². The van der Waals surface area contributed by atoms with Gasteiger partial charge in [-0.25, -0.2) is 5.43 Å². The van der Waals surface area contributed by atoms with Crippen LogP contribution in [0.2, 0.25) is 0 Å². The summed E-state index contributed by atoms with van der Waals surface area (Å²) in [5.74, 6) is 1.49. The molecular formula is C26H27BrN2O3. The molecule has 0 aliphatic rings. The molecule has 1 atom stereocenters. The van der Waals surface area contributed by atoms with Gasteiger partial charge in [-0.15, -0.1) is 0 Å². The number of hydrazone groups is 1. The maximum absolute atomic E-state index is 12.1. The number of rotatable bonds is 10. The van der Waals surface area contributed by atoms with Crippen molar-refractivity contribution in [3.8, 4) is 11.5 Å². The fraction of sp³-hybridized carbons (Fsp3) is 0.231. The lowest BCUT2D eigenvalue weighted by atomic mass is 9.99. The van der Waals surface area contributed by atoms with Gasteiger partial charge in [-0.1, -0.05) is 72.2 Å². The summed E-state index contributed by atoms with van der Waals surface area (Å²) in [4.78, 5) is 12.1. The van der Waals surface area contributed by atoms with Crippen molar-refractivity contribution in [2.45, 2.75) is 32.8 Å². The molecule has 0 saturated carbocycles. The van der Waals surface area contributed by atoms with Crippen LogP contribution < -0.4 is 14.9 Å². The molecule has 6 heteroatoms. The molecule has 0 aliphatic carbocycles. The number of carbonyl (C=O) groups is 1. The topological polar surface area (TPSA) is 59.9 Å². The van der Waals surface area contributed by atoms with E-state index in [1.807, 2.05) is 72.8 Å². The minimum atomic E-state index is -0.339. The summed E-state index contributed by atoms with van der Waals surface area (Å²) in [5.41, 5.74) is 5.57. The van der Waals surface area contributed by atoms with Crippen LogP contribution in [0.25, 0.3) is 0 Å². The molecule has 0 fully saturated rings. The molecule has 0 aromatic heterocycles. The van der Waals surface area contributed by atoms with Gasteiger partial charge in [0.15, 0.2) is 6.61 Å². The largest absolute Gasteiger partial charge is 0.488 e. The van der Waals surface area contributed by atoms with E-state index in [0.717, 1.165) is 22.0 Å². The SMILES string of the molecule is CCC(C)c1ccc(OCC(=O)N/N=C/c2cc(Br)ccc2OCc2ccccc2)cc1. The molecule has 1 amide bonds. The van der Waals surface area contributed by atoms with E-state index < -0.39 is 0 Å². The van der Waals surface area contributed by atoms with E-state index in [2.05, 4.69) is 40.3 Å². The third kappa shape index (κ3) is 7.24. The quantitative estimate of drug-likeness (QED) is 0.274. The minimum Gasteiger partial charge on any atom is -0.488 e. The molecule has 0 heterocycles. The first kappa shape index (κ1) is 23.5. The first-order valence-corrected chi connectivity index (χ1v) is 11.4. The average Bonchev–Trinajstić information content (AvgIpc) is 2.82. The monoisotopic (exact) mass is 494 g/mol. The van der Waals surface area contributed by atoms with Gasteiger partial charge < -0.3 is 9.47 Å². The Hall–Kier alpha value is -3.12. The molecule has 0 spiro atoms. The van der Waals surface area contributed by atoms with Gasteiger partial charge in [0.05, 0.1) is 6.21 Å². The van der Waals surface area contributed by atoms with Gasteiger partial charge in [-0.05, 0) is 53.8 Å². The summed E-state index contributed by atoms with van der Waals surface area (Å²) < 4.78 is 12.4. The Balaban J connectivity index is 1.52. The van der Waals surface area contributed by atoms with Crippen LogP contribution in [0.15, 0.2) is 82.4 Å². The molecule has 166 valence electrons. The van der Waals surface area contributed by atoms with Crippen molar-refractivity contribution in [3.05, 3.63) is 94.0 Å². The van der Waals surface area contributed by atoms with Gasteiger partial charge in [0.1, 0.15) is 18.1 Å². The van der Waals surface area contributed by atoms with E-state index in [9.17, 15) is 4.79 Å². The molecule has 3 aromatic rings. The molecule has 3 aromatic carbocycles. The molecule has 32 heavy (non-hydrogen) atoms. The van der Waals surface area contributed by atoms with E-state index in [1.54, 1.807) is 6.21 Å². The molecule has 0 aliphatic heterocycles. The van der Waals surface area contributed by atoms with E-state index >= 15 is 0 Å². The summed E-state index contributed by atoms with van der Waals surface area (Å²) in [6.45, 7) is 4.67. The second kappa shape index (κ2) is 12.1. The first-order valence-electron chi connectivity index (χ1n) is 10.6. The van der Waals surface area contributed by atoms with Crippen molar-refractivity contribution in [1.82, 2.24) is 5.43 Å². The lowest BCUT2D eigenvalue weighted by molar-refractivity contribution is -0.123. The maximum Gasteiger partial charge on any atom is 0.277 e. The number of nitrogens with zero attached hydrogens (tertiary/aromatic N) is 1. The Morgan fingerprint density at radius 3 is 2.53 bits per heavy atom. The Bertz CT molecular complexity index is 1040. The predicted octanol–water partition coefficient (Wildman–Crippen LogP) is 6.07. The number of benzene rings is 3. The molecular weight excluding hydrogens is 468 g/mol. The molecule has 1 unspecified atom stereocenters. The molecule has 5 nitrogen and oxygen atoms in total. The number of carbonyl (C=O) groups excluding carboxylic acids is 1. The Labute approximate surface area is 197 Å². The van der Waals surface area contributed by atoms with Crippen LogP contribution in [0.3, 0.4) is 0 Å². The summed E-state index contributed by atoms with van der Waals surface area (Å²) in [7, 11) is 0. The lowest BCUT2D eigenvalue weighted by Gasteiger charge is -2.10. The molecule has 0 bridgehead atoms. The highest BCUT2D eigenvalue weighted by molar-refractivity contribution is 9.10. The summed E-state index contributed by atoms with van der Waals surface area (Å²) in [5, 5.41) is 4.05. The zero-order valence-electron chi connectivity index (χ0n) is 18.3. The normalized spacial score (nSPS) is 11.8. The van der Waals surface area contributed by atoms with Gasteiger partial charge in [-0.3, -0.25) is 4.79 Å². The number of ether oxygens (including phenoxy) is 2. The van der Waals surface area contributed by atoms with E-state index in [1.165, 1.54) is 5.56 Å². The Kier molecular flexibility index (Phi) is 8.87. The molecule has 0 saturated heterocycles. The third-order valence-corrected chi connectivity index (χ3v) is 5.53. The number of hydrogen-bond acceptors (Lipinski definition) is 4. The van der Waals surface area contributed by atoms with Gasteiger partial charge >= 0.3 is 0 Å². The molecule has 0 radical (unpaired) electrons. The van der Waals surface area contributed by atoms with Crippen molar-refractivity contribution < 1.29 is 14.3 Å². The fourth-order valence-electron chi connectivity index (χ4n) is 2.97. The Morgan fingerprint density at radius 1 is 1.06 bits per heavy atom. The van der Waals surface area contributed by atoms with Crippen molar-refractivity contribution in [1.29, 1.82) is 0 Å². The van der Waals surface area contributed by atoms with Crippen LogP contribution in [0.5, 0.6) is 11.5 Å². The van der Waals surface area contributed by atoms with Gasteiger partial charge in [-0.2, -0.15) is 5.10 Å². The van der Waals surface area contributed by atoms with Crippen molar-refractivity contribution in [2.75, 3.05) is 6.61 Å². The minimum absolute atomic E-state index is 0.115. The standard InChI is InChI=1S/C26H27BrN2O3/c1-3-19(2)21-9-12-24(13-10-21)31-18-26(30)29-28-16-22-15-23(27)11-14-25(22)32-17-20-7-5-4-6-8-20/h4-16,19H,3,17-18H2,1-2H3,(H,29,30)/b28-16+. The lowest BCUT2D eigenvalue weighted by Crippen LogP contribution is -2.24. The average molecular weight is 495 g/mol. The fourth-order valence-corrected chi connectivity index (χ4v) is 3.35. The van der Waals surface area contributed by atoms with Crippen molar-refractivity contribution in [3.63, 3.8) is 0 Å². The van der Waals surface area contributed by atoms with Crippen LogP contribution in [-0.2, 0) is 11.4 Å². The number of nitrogens with one attached hydrogen (secondary N) is 1. The van der Waals surface area contributed by atoms with E-state index in [0.29, 0.717) is 24.0 Å². The number of hydrogen-bond donors (Lipinski definition) is 1. The first-order chi connectivity index (χ1) is 15.5. The smallest absolute Gasteiger partial charge is 0.277 e. The summed E-state index contributed by atoms with van der Waals surface area (Å²) in [6.07, 6.45) is 2.64. The zero-order valence-corrected chi connectivity index (χ0v) is 19.8. The highest BCUT2D eigenvalue weighted by Crippen LogP contribution is 2.23. The molecule has 1 N–H and O–H groups in total. The van der Waals surface area contributed by atoms with Crippen LogP contribution in [-0.4, -0.2) is 18.7 Å². The maximum atomic E-state index is 12.1. The third-order valence-electron chi connectivity index (χ3n) is 5.03. The highest BCUT2D eigenvalue weighted by atomic mass is 79.9. The summed E-state index contributed by atoms with van der Waals surface area (Å²) >= 11 is 3.46. The highest BCUT2D eigenvalue weighted by Gasteiger charge is 2.06. The van der Waals surface area contributed by atoms with Crippen molar-refractivity contribution in [2.24, 2.45) is 5.10 Å². The van der Waals surface area contributed by atoms with Crippen LogP contribution in [0.1, 0.15) is 42.9 Å². The van der Waals surface area contributed by atoms with Crippen LogP contribution in [0, 0.1) is 0 Å². The molecule has 3 rings (SSSR count). The van der Waals surface area contributed by atoms with Gasteiger partial charge in [0.25, 0.3) is 5.91 Å². The predicted molar refractivity (Wildman–Crippen MR) is 131 cm³/mol. The van der Waals surface area contributed by atoms with Crippen LogP contribution >= 0.6 is 15.9 Å². The zero-order chi connectivity index (χ0) is 22.8. The van der Waals surface area contributed by atoms with Crippen LogP contribution in [0.4, 0.5) is 0 Å². The number of halogens is 1. The van der Waals surface area contributed by atoms with Crippen molar-refractivity contribution >= 4 is 28.1 Å².